The van der Waals surface area contributed by atoms with Crippen LogP contribution in [0.15, 0.2) is 0 Å². The Labute approximate surface area is 95.5 Å². The molecule has 2 nitrogen and oxygen atoms in total. The third-order valence-electron chi connectivity index (χ3n) is 3.35. The van der Waals surface area contributed by atoms with Gasteiger partial charge in [0.1, 0.15) is 0 Å². The highest BCUT2D eigenvalue weighted by molar-refractivity contribution is 4.76. The van der Waals surface area contributed by atoms with E-state index < -0.39 is 0 Å². The van der Waals surface area contributed by atoms with E-state index in [0.29, 0.717) is 6.04 Å². The molecule has 0 heterocycles. The quantitative estimate of drug-likeness (QED) is 0.580. The minimum atomic E-state index is 0.0546. The van der Waals surface area contributed by atoms with Crippen molar-refractivity contribution in [1.29, 1.82) is 0 Å². The standard InChI is InChI=1S/C13H29NO/c1-5-7-8-9-12(3)14-10-13(4,6-2)11-15/h12,14-15H,5-11H2,1-4H3. The number of nitrogens with one attached hydrogen (secondary N) is 1. The topological polar surface area (TPSA) is 32.3 Å². The molecule has 0 aromatic rings. The van der Waals surface area contributed by atoms with E-state index in [9.17, 15) is 5.11 Å². The Balaban J connectivity index is 3.64. The predicted molar refractivity (Wildman–Crippen MR) is 67.1 cm³/mol. The summed E-state index contributed by atoms with van der Waals surface area (Å²) < 4.78 is 0. The van der Waals surface area contributed by atoms with E-state index in [1.54, 1.807) is 0 Å². The third kappa shape index (κ3) is 6.91. The fourth-order valence-electron chi connectivity index (χ4n) is 1.52. The summed E-state index contributed by atoms with van der Waals surface area (Å²) in [5.41, 5.74) is 0.0546. The number of aliphatic hydroxyl groups is 1. The Morgan fingerprint density at radius 2 is 1.93 bits per heavy atom. The van der Waals surface area contributed by atoms with E-state index in [4.69, 9.17) is 0 Å². The Morgan fingerprint density at radius 1 is 1.27 bits per heavy atom. The average Bonchev–Trinajstić information content (AvgIpc) is 2.26. The third-order valence-corrected chi connectivity index (χ3v) is 3.35. The van der Waals surface area contributed by atoms with Crippen LogP contribution in [0.25, 0.3) is 0 Å². The highest BCUT2D eigenvalue weighted by Gasteiger charge is 2.21. The largest absolute Gasteiger partial charge is 0.396 e. The first kappa shape index (κ1) is 14.9. The van der Waals surface area contributed by atoms with E-state index in [-0.39, 0.29) is 12.0 Å². The predicted octanol–water partition coefficient (Wildman–Crippen LogP) is 2.95. The molecule has 0 aromatic carbocycles. The second-order valence-corrected chi connectivity index (χ2v) is 5.10. The van der Waals surface area contributed by atoms with E-state index >= 15 is 0 Å². The number of unbranched alkanes of at least 4 members (excludes halogenated alkanes) is 2. The molecular weight excluding hydrogens is 186 g/mol. The molecule has 92 valence electrons. The minimum Gasteiger partial charge on any atom is -0.396 e. The zero-order valence-electron chi connectivity index (χ0n) is 11.0. The second kappa shape index (κ2) is 8.12. The van der Waals surface area contributed by atoms with Crippen molar-refractivity contribution in [3.63, 3.8) is 0 Å². The summed E-state index contributed by atoms with van der Waals surface area (Å²) in [6.45, 7) is 9.95. The van der Waals surface area contributed by atoms with Crippen molar-refractivity contribution in [2.24, 2.45) is 5.41 Å². The van der Waals surface area contributed by atoms with Crippen molar-refractivity contribution in [1.82, 2.24) is 5.32 Å². The molecule has 15 heavy (non-hydrogen) atoms. The van der Waals surface area contributed by atoms with Gasteiger partial charge < -0.3 is 10.4 Å². The molecule has 2 N–H and O–H groups in total. The summed E-state index contributed by atoms with van der Waals surface area (Å²) in [7, 11) is 0. The van der Waals surface area contributed by atoms with Gasteiger partial charge in [-0.2, -0.15) is 0 Å². The highest BCUT2D eigenvalue weighted by atomic mass is 16.3. The van der Waals surface area contributed by atoms with Gasteiger partial charge in [-0.25, -0.2) is 0 Å². The molecule has 0 saturated carbocycles. The fraction of sp³-hybridized carbons (Fsp3) is 1.00. The minimum absolute atomic E-state index is 0.0546. The van der Waals surface area contributed by atoms with Crippen molar-refractivity contribution in [2.45, 2.75) is 65.8 Å². The monoisotopic (exact) mass is 215 g/mol. The van der Waals surface area contributed by atoms with Crippen LogP contribution in [-0.2, 0) is 0 Å². The van der Waals surface area contributed by atoms with Crippen LogP contribution in [0.5, 0.6) is 0 Å². The van der Waals surface area contributed by atoms with E-state index in [0.717, 1.165) is 13.0 Å². The lowest BCUT2D eigenvalue weighted by atomic mass is 9.88. The molecule has 0 saturated heterocycles. The van der Waals surface area contributed by atoms with Crippen LogP contribution in [0.4, 0.5) is 0 Å². The molecule has 0 aliphatic heterocycles. The van der Waals surface area contributed by atoms with E-state index in [2.05, 4.69) is 33.0 Å². The Morgan fingerprint density at radius 3 is 2.40 bits per heavy atom. The van der Waals surface area contributed by atoms with Crippen LogP contribution in [0, 0.1) is 5.41 Å². The molecule has 2 unspecified atom stereocenters. The maximum Gasteiger partial charge on any atom is 0.0496 e. The highest BCUT2D eigenvalue weighted by Crippen LogP contribution is 2.18. The average molecular weight is 215 g/mol. The van der Waals surface area contributed by atoms with Gasteiger partial charge in [0.2, 0.25) is 0 Å². The molecule has 0 fully saturated rings. The molecule has 2 heteroatoms. The van der Waals surface area contributed by atoms with Gasteiger partial charge in [-0.3, -0.25) is 0 Å². The van der Waals surface area contributed by atoms with Gasteiger partial charge in [-0.15, -0.1) is 0 Å². The van der Waals surface area contributed by atoms with Gasteiger partial charge in [-0.1, -0.05) is 40.0 Å². The van der Waals surface area contributed by atoms with Crippen LogP contribution in [0.3, 0.4) is 0 Å². The van der Waals surface area contributed by atoms with Crippen LogP contribution in [-0.4, -0.2) is 24.3 Å². The summed E-state index contributed by atoms with van der Waals surface area (Å²) in [6.07, 6.45) is 6.21. The molecule has 0 aromatic heterocycles. The molecule has 0 spiro atoms. The van der Waals surface area contributed by atoms with Crippen LogP contribution in [0.2, 0.25) is 0 Å². The van der Waals surface area contributed by atoms with Gasteiger partial charge in [0.05, 0.1) is 0 Å². The second-order valence-electron chi connectivity index (χ2n) is 5.10. The first-order valence-corrected chi connectivity index (χ1v) is 6.42. The maximum absolute atomic E-state index is 9.27. The van der Waals surface area contributed by atoms with Crippen molar-refractivity contribution in [3.8, 4) is 0 Å². The molecule has 0 aliphatic rings. The van der Waals surface area contributed by atoms with Gasteiger partial charge in [0.15, 0.2) is 0 Å². The molecule has 0 rings (SSSR count). The SMILES string of the molecule is CCCCCC(C)NCC(C)(CC)CO. The van der Waals surface area contributed by atoms with Crippen molar-refractivity contribution < 1.29 is 5.11 Å². The first-order chi connectivity index (χ1) is 7.08. The van der Waals surface area contributed by atoms with Crippen molar-refractivity contribution in [2.75, 3.05) is 13.2 Å². The Hall–Kier alpha value is -0.0800. The zero-order valence-corrected chi connectivity index (χ0v) is 11.0. The normalized spacial score (nSPS) is 17.4. The maximum atomic E-state index is 9.27. The molecular formula is C13H29NO. The molecule has 0 bridgehead atoms. The van der Waals surface area contributed by atoms with Gasteiger partial charge >= 0.3 is 0 Å². The zero-order chi connectivity index (χ0) is 11.7. The van der Waals surface area contributed by atoms with Gasteiger partial charge in [0.25, 0.3) is 0 Å². The van der Waals surface area contributed by atoms with Gasteiger partial charge in [-0.05, 0) is 19.8 Å². The van der Waals surface area contributed by atoms with Gasteiger partial charge in [0, 0.05) is 24.6 Å². The lowest BCUT2D eigenvalue weighted by Gasteiger charge is -2.28. The molecule has 0 radical (unpaired) electrons. The molecule has 2 atom stereocenters. The van der Waals surface area contributed by atoms with E-state index in [1.165, 1.54) is 25.7 Å². The smallest absolute Gasteiger partial charge is 0.0496 e. The fourth-order valence-corrected chi connectivity index (χ4v) is 1.52. The van der Waals surface area contributed by atoms with Crippen molar-refractivity contribution >= 4 is 0 Å². The number of aliphatic hydroxyl groups excluding tert-OH is 1. The van der Waals surface area contributed by atoms with Crippen LogP contribution in [0.1, 0.15) is 59.8 Å². The number of hydrogen-bond acceptors (Lipinski definition) is 2. The van der Waals surface area contributed by atoms with Crippen LogP contribution >= 0.6 is 0 Å². The van der Waals surface area contributed by atoms with Crippen LogP contribution < -0.4 is 5.32 Å². The summed E-state index contributed by atoms with van der Waals surface area (Å²) >= 11 is 0. The summed E-state index contributed by atoms with van der Waals surface area (Å²) in [4.78, 5) is 0. The summed E-state index contributed by atoms with van der Waals surface area (Å²) in [6, 6.07) is 0.578. The molecule has 0 amide bonds. The number of hydrogen-bond donors (Lipinski definition) is 2. The summed E-state index contributed by atoms with van der Waals surface area (Å²) in [5.74, 6) is 0. The lowest BCUT2D eigenvalue weighted by molar-refractivity contribution is 0.132. The van der Waals surface area contributed by atoms with E-state index in [1.807, 2.05) is 0 Å². The number of rotatable bonds is 9. The lowest BCUT2D eigenvalue weighted by Crippen LogP contribution is -2.38. The summed E-state index contributed by atoms with van der Waals surface area (Å²) in [5, 5.41) is 12.8. The first-order valence-electron chi connectivity index (χ1n) is 6.42. The van der Waals surface area contributed by atoms with Crippen molar-refractivity contribution in [3.05, 3.63) is 0 Å². The Bertz CT molecular complexity index is 143. The molecule has 0 aliphatic carbocycles. The Kier molecular flexibility index (Phi) is 8.07.